The summed E-state index contributed by atoms with van der Waals surface area (Å²) in [5.41, 5.74) is 8.58. The lowest BCUT2D eigenvalue weighted by molar-refractivity contribution is 0.0505. The average Bonchev–Trinajstić information content (AvgIpc) is 2.32. The molecule has 0 bridgehead atoms. The summed E-state index contributed by atoms with van der Waals surface area (Å²) in [5, 5.41) is 6.70. The molecule has 0 aliphatic rings. The number of nitrogens with zero attached hydrogens (tertiary/aromatic N) is 3. The molecule has 1 aromatic carbocycles. The van der Waals surface area contributed by atoms with E-state index in [0.717, 1.165) is 5.56 Å². The van der Waals surface area contributed by atoms with Crippen LogP contribution in [-0.4, -0.2) is 18.2 Å². The molecule has 0 unspecified atom stereocenters. The molecular weight excluding hydrogens is 280 g/mol. The normalized spacial score (nSPS) is 12.2. The Hall–Kier alpha value is -1.91. The highest BCUT2D eigenvalue weighted by molar-refractivity contribution is 6.30. The first kappa shape index (κ1) is 16.1. The van der Waals surface area contributed by atoms with Gasteiger partial charge >= 0.3 is 6.09 Å². The zero-order valence-electron chi connectivity index (χ0n) is 11.6. The first-order valence-corrected chi connectivity index (χ1v) is 6.45. The molecule has 0 aliphatic carbocycles. The van der Waals surface area contributed by atoms with Crippen molar-refractivity contribution in [1.82, 2.24) is 5.32 Å². The molecule has 1 rings (SSSR count). The number of azide groups is 1. The lowest BCUT2D eigenvalue weighted by Crippen LogP contribution is -2.36. The standard InChI is InChI=1S/C13H17ClN4O2/c1-13(2,3)20-12(19)17-11(8-16-18-15)9-5-4-6-10(14)7-9/h4-7,11H,8H2,1-3H3,(H,17,19)/t11-/m1/s1. The van der Waals surface area contributed by atoms with Gasteiger partial charge in [-0.1, -0.05) is 28.8 Å². The summed E-state index contributed by atoms with van der Waals surface area (Å²) in [4.78, 5) is 14.5. The van der Waals surface area contributed by atoms with E-state index in [1.807, 2.05) is 0 Å². The Morgan fingerprint density at radius 3 is 2.80 bits per heavy atom. The molecular formula is C13H17ClN4O2. The van der Waals surface area contributed by atoms with Crippen molar-refractivity contribution in [3.63, 3.8) is 0 Å². The van der Waals surface area contributed by atoms with Crippen LogP contribution in [0.1, 0.15) is 32.4 Å². The number of alkyl carbamates (subject to hydrolysis) is 1. The molecule has 0 aliphatic heterocycles. The summed E-state index contributed by atoms with van der Waals surface area (Å²) in [6, 6.07) is 6.50. The lowest BCUT2D eigenvalue weighted by atomic mass is 10.1. The molecule has 0 radical (unpaired) electrons. The summed E-state index contributed by atoms with van der Waals surface area (Å²) >= 11 is 5.92. The number of ether oxygens (including phenoxy) is 1. The van der Waals surface area contributed by atoms with Crippen molar-refractivity contribution in [1.29, 1.82) is 0 Å². The van der Waals surface area contributed by atoms with Gasteiger partial charge < -0.3 is 10.1 Å². The fourth-order valence-corrected chi connectivity index (χ4v) is 1.72. The third kappa shape index (κ3) is 5.82. The smallest absolute Gasteiger partial charge is 0.408 e. The number of hydrogen-bond acceptors (Lipinski definition) is 3. The van der Waals surface area contributed by atoms with Crippen LogP contribution in [0.3, 0.4) is 0 Å². The van der Waals surface area contributed by atoms with Crippen molar-refractivity contribution in [2.45, 2.75) is 32.4 Å². The predicted octanol–water partition coefficient (Wildman–Crippen LogP) is 4.22. The minimum atomic E-state index is -0.596. The molecule has 0 heterocycles. The van der Waals surface area contributed by atoms with Gasteiger partial charge in [0.2, 0.25) is 0 Å². The predicted molar refractivity (Wildman–Crippen MR) is 77.6 cm³/mol. The van der Waals surface area contributed by atoms with Crippen molar-refractivity contribution in [2.24, 2.45) is 5.11 Å². The van der Waals surface area contributed by atoms with Crippen molar-refractivity contribution >= 4 is 17.7 Å². The van der Waals surface area contributed by atoms with E-state index in [-0.39, 0.29) is 6.54 Å². The maximum atomic E-state index is 11.8. The molecule has 0 saturated heterocycles. The van der Waals surface area contributed by atoms with Crippen molar-refractivity contribution in [3.05, 3.63) is 45.3 Å². The van der Waals surface area contributed by atoms with Gasteiger partial charge in [0, 0.05) is 9.93 Å². The van der Waals surface area contributed by atoms with E-state index < -0.39 is 17.7 Å². The van der Waals surface area contributed by atoms with E-state index >= 15 is 0 Å². The fourth-order valence-electron chi connectivity index (χ4n) is 1.53. The first-order valence-electron chi connectivity index (χ1n) is 6.07. The molecule has 108 valence electrons. The van der Waals surface area contributed by atoms with Crippen LogP contribution >= 0.6 is 11.6 Å². The molecule has 0 fully saturated rings. The molecule has 1 aromatic rings. The topological polar surface area (TPSA) is 87.1 Å². The summed E-state index contributed by atoms with van der Waals surface area (Å²) in [6.07, 6.45) is -0.574. The van der Waals surface area contributed by atoms with Gasteiger partial charge in [-0.05, 0) is 44.0 Å². The highest BCUT2D eigenvalue weighted by Gasteiger charge is 2.20. The number of carbonyl (C=O) groups excluding carboxylic acids is 1. The van der Waals surface area contributed by atoms with Crippen molar-refractivity contribution in [2.75, 3.05) is 6.54 Å². The van der Waals surface area contributed by atoms with E-state index in [1.165, 1.54) is 0 Å². The van der Waals surface area contributed by atoms with E-state index in [1.54, 1.807) is 45.0 Å². The Kier molecular flexibility index (Phi) is 5.67. The van der Waals surface area contributed by atoms with Gasteiger partial charge in [0.1, 0.15) is 5.60 Å². The third-order valence-electron chi connectivity index (χ3n) is 2.27. The summed E-state index contributed by atoms with van der Waals surface area (Å²) in [7, 11) is 0. The third-order valence-corrected chi connectivity index (χ3v) is 2.50. The largest absolute Gasteiger partial charge is 0.444 e. The Morgan fingerprint density at radius 2 is 2.25 bits per heavy atom. The van der Waals surface area contributed by atoms with E-state index in [4.69, 9.17) is 21.9 Å². The highest BCUT2D eigenvalue weighted by Crippen LogP contribution is 2.19. The highest BCUT2D eigenvalue weighted by atomic mass is 35.5. The van der Waals surface area contributed by atoms with Gasteiger partial charge in [-0.3, -0.25) is 0 Å². The number of carbonyl (C=O) groups is 1. The molecule has 0 saturated carbocycles. The van der Waals surface area contributed by atoms with E-state index in [0.29, 0.717) is 5.02 Å². The van der Waals surface area contributed by atoms with Crippen LogP contribution < -0.4 is 5.32 Å². The minimum absolute atomic E-state index is 0.0794. The Bertz CT molecular complexity index is 521. The minimum Gasteiger partial charge on any atom is -0.444 e. The summed E-state index contributed by atoms with van der Waals surface area (Å²) in [6.45, 7) is 5.40. The van der Waals surface area contributed by atoms with E-state index in [9.17, 15) is 4.79 Å². The van der Waals surface area contributed by atoms with Crippen LogP contribution in [0.25, 0.3) is 10.4 Å². The molecule has 1 amide bonds. The fraction of sp³-hybridized carbons (Fsp3) is 0.462. The van der Waals surface area contributed by atoms with Crippen LogP contribution in [-0.2, 0) is 4.74 Å². The number of nitrogens with one attached hydrogen (secondary N) is 1. The number of amides is 1. The Balaban J connectivity index is 2.85. The van der Waals surface area contributed by atoms with Gasteiger partial charge in [0.05, 0.1) is 12.6 Å². The SMILES string of the molecule is CC(C)(C)OC(=O)N[C@H](CN=[N+]=[N-])c1cccc(Cl)c1. The molecule has 6 nitrogen and oxygen atoms in total. The Labute approximate surface area is 122 Å². The summed E-state index contributed by atoms with van der Waals surface area (Å²) in [5.74, 6) is 0. The molecule has 20 heavy (non-hydrogen) atoms. The maximum Gasteiger partial charge on any atom is 0.408 e. The van der Waals surface area contributed by atoms with Gasteiger partial charge in [0.15, 0.2) is 0 Å². The molecule has 0 spiro atoms. The quantitative estimate of drug-likeness (QED) is 0.512. The van der Waals surface area contributed by atoms with Crippen LogP contribution in [0.4, 0.5) is 4.79 Å². The van der Waals surface area contributed by atoms with Crippen LogP contribution in [0, 0.1) is 0 Å². The summed E-state index contributed by atoms with van der Waals surface area (Å²) < 4.78 is 5.18. The second-order valence-electron chi connectivity index (χ2n) is 5.17. The second-order valence-corrected chi connectivity index (χ2v) is 5.60. The van der Waals surface area contributed by atoms with Gasteiger partial charge in [-0.15, -0.1) is 0 Å². The zero-order chi connectivity index (χ0) is 15.2. The average molecular weight is 297 g/mol. The zero-order valence-corrected chi connectivity index (χ0v) is 12.4. The van der Waals surface area contributed by atoms with Crippen LogP contribution in [0.5, 0.6) is 0 Å². The lowest BCUT2D eigenvalue weighted by Gasteiger charge is -2.23. The molecule has 1 atom stereocenters. The van der Waals surface area contributed by atoms with Gasteiger partial charge in [-0.25, -0.2) is 4.79 Å². The molecule has 7 heteroatoms. The molecule has 0 aromatic heterocycles. The number of hydrogen-bond donors (Lipinski definition) is 1. The van der Waals surface area contributed by atoms with Crippen molar-refractivity contribution in [3.8, 4) is 0 Å². The Morgan fingerprint density at radius 1 is 1.55 bits per heavy atom. The number of benzene rings is 1. The number of halogens is 1. The maximum absolute atomic E-state index is 11.8. The molecule has 1 N–H and O–H groups in total. The number of rotatable bonds is 4. The monoisotopic (exact) mass is 296 g/mol. The second kappa shape index (κ2) is 7.03. The van der Waals surface area contributed by atoms with Crippen molar-refractivity contribution < 1.29 is 9.53 Å². The van der Waals surface area contributed by atoms with Crippen LogP contribution in [0.2, 0.25) is 5.02 Å². The van der Waals surface area contributed by atoms with E-state index in [2.05, 4.69) is 15.3 Å². The van der Waals surface area contributed by atoms with Gasteiger partial charge in [-0.2, -0.15) is 0 Å². The van der Waals surface area contributed by atoms with Crippen LogP contribution in [0.15, 0.2) is 29.4 Å². The first-order chi connectivity index (χ1) is 9.31. The van der Waals surface area contributed by atoms with Gasteiger partial charge in [0.25, 0.3) is 0 Å².